The average Bonchev–Trinajstić information content (AvgIpc) is 2.60. The molecule has 1 aromatic heterocycles. The van der Waals surface area contributed by atoms with E-state index in [-0.39, 0.29) is 5.97 Å². The minimum atomic E-state index is -0.376. The lowest BCUT2D eigenvalue weighted by atomic mass is 9.98. The van der Waals surface area contributed by atoms with Crippen molar-refractivity contribution >= 4 is 38.4 Å². The van der Waals surface area contributed by atoms with E-state index < -0.39 is 0 Å². The van der Waals surface area contributed by atoms with E-state index in [1.54, 1.807) is 6.92 Å². The number of rotatable bonds is 2. The molecule has 0 bridgehead atoms. The first kappa shape index (κ1) is 13.7. The van der Waals surface area contributed by atoms with Crippen molar-refractivity contribution in [1.29, 1.82) is 0 Å². The van der Waals surface area contributed by atoms with E-state index in [4.69, 9.17) is 4.74 Å². The smallest absolute Gasteiger partial charge is 0.357 e. The van der Waals surface area contributed by atoms with E-state index in [2.05, 4.69) is 17.1 Å². The number of esters is 1. The second kappa shape index (κ2) is 5.36. The van der Waals surface area contributed by atoms with Gasteiger partial charge in [0.2, 0.25) is 0 Å². The van der Waals surface area contributed by atoms with Crippen LogP contribution in [0.3, 0.4) is 0 Å². The Hall–Kier alpha value is -2.94. The lowest BCUT2D eigenvalue weighted by molar-refractivity contribution is 0.0522. The molecule has 0 aliphatic carbocycles. The summed E-state index contributed by atoms with van der Waals surface area (Å²) < 4.78 is 5.17. The van der Waals surface area contributed by atoms with Gasteiger partial charge in [-0.25, -0.2) is 9.78 Å². The van der Waals surface area contributed by atoms with Gasteiger partial charge in [0.1, 0.15) is 0 Å². The fraction of sp³-hybridized carbons (Fsp3) is 0.100. The Balaban J connectivity index is 2.19. The number of ether oxygens (including phenoxy) is 1. The molecule has 0 saturated heterocycles. The lowest BCUT2D eigenvalue weighted by Gasteiger charge is -2.11. The van der Waals surface area contributed by atoms with Crippen molar-refractivity contribution in [2.24, 2.45) is 0 Å². The third-order valence-electron chi connectivity index (χ3n) is 4.06. The summed E-state index contributed by atoms with van der Waals surface area (Å²) in [4.78, 5) is 16.9. The molecule has 3 aromatic carbocycles. The molecule has 0 radical (unpaired) electrons. The van der Waals surface area contributed by atoms with E-state index >= 15 is 0 Å². The molecule has 0 aliphatic heterocycles. The van der Waals surface area contributed by atoms with Crippen molar-refractivity contribution in [3.05, 3.63) is 66.4 Å². The summed E-state index contributed by atoms with van der Waals surface area (Å²) in [6.45, 7) is 2.14. The number of carbonyl (C=O) groups is 1. The number of nitrogens with zero attached hydrogens (tertiary/aromatic N) is 1. The molecule has 23 heavy (non-hydrogen) atoms. The van der Waals surface area contributed by atoms with Crippen LogP contribution in [-0.2, 0) is 4.74 Å². The highest BCUT2D eigenvalue weighted by Gasteiger charge is 2.16. The lowest BCUT2D eigenvalue weighted by Crippen LogP contribution is -2.08. The van der Waals surface area contributed by atoms with Crippen LogP contribution >= 0.6 is 0 Å². The standard InChI is InChI=1S/C20H15NO2/c1-2-23-20(22)19-16-10-6-5-9-15(16)18-14-8-4-3-7-13(14)11-12-17(18)21-19/h3-12H,2H2,1H3. The highest BCUT2D eigenvalue weighted by Crippen LogP contribution is 2.32. The number of benzene rings is 3. The summed E-state index contributed by atoms with van der Waals surface area (Å²) in [7, 11) is 0. The van der Waals surface area contributed by atoms with Crippen LogP contribution in [0.2, 0.25) is 0 Å². The van der Waals surface area contributed by atoms with Gasteiger partial charge in [-0.1, -0.05) is 54.6 Å². The molecule has 0 atom stereocenters. The highest BCUT2D eigenvalue weighted by atomic mass is 16.5. The summed E-state index contributed by atoms with van der Waals surface area (Å²) in [6.07, 6.45) is 0. The van der Waals surface area contributed by atoms with E-state index in [1.165, 1.54) is 0 Å². The van der Waals surface area contributed by atoms with Gasteiger partial charge in [-0.2, -0.15) is 0 Å². The van der Waals surface area contributed by atoms with Crippen LogP contribution in [0, 0.1) is 0 Å². The SMILES string of the molecule is CCOC(=O)c1nc2ccc3ccccc3c2c2ccccc12. The van der Waals surface area contributed by atoms with Gasteiger partial charge in [0.15, 0.2) is 5.69 Å². The van der Waals surface area contributed by atoms with E-state index in [0.717, 1.165) is 32.4 Å². The Kier molecular flexibility index (Phi) is 3.19. The van der Waals surface area contributed by atoms with E-state index in [9.17, 15) is 4.79 Å². The van der Waals surface area contributed by atoms with Crippen LogP contribution in [0.25, 0.3) is 32.4 Å². The van der Waals surface area contributed by atoms with Crippen molar-refractivity contribution < 1.29 is 9.53 Å². The van der Waals surface area contributed by atoms with Crippen LogP contribution in [0.1, 0.15) is 17.4 Å². The molecule has 4 aromatic rings. The van der Waals surface area contributed by atoms with Gasteiger partial charge >= 0.3 is 5.97 Å². The van der Waals surface area contributed by atoms with Gasteiger partial charge < -0.3 is 4.74 Å². The zero-order valence-corrected chi connectivity index (χ0v) is 12.7. The van der Waals surface area contributed by atoms with Gasteiger partial charge in [-0.15, -0.1) is 0 Å². The second-order valence-electron chi connectivity index (χ2n) is 5.41. The zero-order valence-electron chi connectivity index (χ0n) is 12.7. The Bertz CT molecular complexity index is 1050. The topological polar surface area (TPSA) is 39.2 Å². The van der Waals surface area contributed by atoms with Gasteiger partial charge in [0, 0.05) is 10.8 Å². The van der Waals surface area contributed by atoms with Crippen molar-refractivity contribution in [2.45, 2.75) is 6.92 Å². The van der Waals surface area contributed by atoms with E-state index in [0.29, 0.717) is 12.3 Å². The van der Waals surface area contributed by atoms with Gasteiger partial charge in [0.05, 0.1) is 12.1 Å². The Morgan fingerprint density at radius 1 is 0.913 bits per heavy atom. The molecule has 0 saturated carbocycles. The Morgan fingerprint density at radius 2 is 1.61 bits per heavy atom. The quantitative estimate of drug-likeness (QED) is 0.397. The molecule has 4 rings (SSSR count). The summed E-state index contributed by atoms with van der Waals surface area (Å²) in [5.74, 6) is -0.376. The van der Waals surface area contributed by atoms with Crippen molar-refractivity contribution in [3.8, 4) is 0 Å². The Labute approximate surface area is 133 Å². The van der Waals surface area contributed by atoms with Gasteiger partial charge in [-0.3, -0.25) is 0 Å². The van der Waals surface area contributed by atoms with Crippen LogP contribution < -0.4 is 0 Å². The van der Waals surface area contributed by atoms with Gasteiger partial charge in [0.25, 0.3) is 0 Å². The normalized spacial score (nSPS) is 11.2. The maximum atomic E-state index is 12.3. The van der Waals surface area contributed by atoms with Crippen molar-refractivity contribution in [3.63, 3.8) is 0 Å². The fourth-order valence-electron chi connectivity index (χ4n) is 3.08. The summed E-state index contributed by atoms with van der Waals surface area (Å²) in [5.41, 5.74) is 1.19. The molecule has 0 N–H and O–H groups in total. The summed E-state index contributed by atoms with van der Waals surface area (Å²) >= 11 is 0. The van der Waals surface area contributed by atoms with Crippen molar-refractivity contribution in [2.75, 3.05) is 6.61 Å². The first-order valence-corrected chi connectivity index (χ1v) is 7.67. The first-order chi connectivity index (χ1) is 11.3. The predicted octanol–water partition coefficient (Wildman–Crippen LogP) is 4.72. The molecule has 3 heteroatoms. The van der Waals surface area contributed by atoms with E-state index in [1.807, 2.05) is 48.5 Å². The first-order valence-electron chi connectivity index (χ1n) is 7.67. The minimum absolute atomic E-state index is 0.338. The van der Waals surface area contributed by atoms with Crippen LogP contribution in [0.4, 0.5) is 0 Å². The molecular weight excluding hydrogens is 286 g/mol. The molecule has 0 amide bonds. The fourth-order valence-corrected chi connectivity index (χ4v) is 3.08. The van der Waals surface area contributed by atoms with Crippen LogP contribution in [-0.4, -0.2) is 17.6 Å². The number of hydrogen-bond donors (Lipinski definition) is 0. The molecular formula is C20H15NO2. The number of fused-ring (bicyclic) bond motifs is 5. The third kappa shape index (κ3) is 2.13. The zero-order chi connectivity index (χ0) is 15.8. The highest BCUT2D eigenvalue weighted by molar-refractivity contribution is 6.21. The molecule has 0 fully saturated rings. The molecule has 1 heterocycles. The second-order valence-corrected chi connectivity index (χ2v) is 5.41. The number of hydrogen-bond acceptors (Lipinski definition) is 3. The molecule has 112 valence electrons. The summed E-state index contributed by atoms with van der Waals surface area (Å²) in [5, 5.41) is 5.24. The molecule has 0 unspecified atom stereocenters. The Morgan fingerprint density at radius 3 is 2.39 bits per heavy atom. The largest absolute Gasteiger partial charge is 0.461 e. The van der Waals surface area contributed by atoms with Gasteiger partial charge in [-0.05, 0) is 29.1 Å². The molecule has 3 nitrogen and oxygen atoms in total. The average molecular weight is 301 g/mol. The van der Waals surface area contributed by atoms with Crippen LogP contribution in [0.15, 0.2) is 60.7 Å². The van der Waals surface area contributed by atoms with Crippen LogP contribution in [0.5, 0.6) is 0 Å². The minimum Gasteiger partial charge on any atom is -0.461 e. The monoisotopic (exact) mass is 301 g/mol. The van der Waals surface area contributed by atoms with Crippen molar-refractivity contribution in [1.82, 2.24) is 4.98 Å². The molecule has 0 spiro atoms. The third-order valence-corrected chi connectivity index (χ3v) is 4.06. The number of aromatic nitrogens is 1. The molecule has 0 aliphatic rings. The maximum absolute atomic E-state index is 12.3. The maximum Gasteiger partial charge on any atom is 0.357 e. The number of carbonyl (C=O) groups excluding carboxylic acids is 1. The predicted molar refractivity (Wildman–Crippen MR) is 92.7 cm³/mol. The number of pyridine rings is 1. The summed E-state index contributed by atoms with van der Waals surface area (Å²) in [6, 6.07) is 20.1.